The molecule has 2 rings (SSSR count). The maximum atomic E-state index is 8.62. The highest BCUT2D eigenvalue weighted by Gasteiger charge is 2.45. The zero-order chi connectivity index (χ0) is 6.27. The molecule has 0 amide bonds. The Balaban J connectivity index is 1.84. The van der Waals surface area contributed by atoms with Gasteiger partial charge in [-0.2, -0.15) is 0 Å². The first-order valence-electron chi connectivity index (χ1n) is 3.76. The van der Waals surface area contributed by atoms with Crippen LogP contribution in [0.3, 0.4) is 0 Å². The van der Waals surface area contributed by atoms with Crippen LogP contribution >= 0.6 is 0 Å². The zero-order valence-electron chi connectivity index (χ0n) is 5.58. The molecule has 0 bridgehead atoms. The maximum Gasteiger partial charge on any atom is 0.0558 e. The van der Waals surface area contributed by atoms with Gasteiger partial charge in [-0.1, -0.05) is 0 Å². The van der Waals surface area contributed by atoms with Crippen molar-refractivity contribution in [1.29, 1.82) is 0 Å². The number of nitrogens with zero attached hydrogens (tertiary/aromatic N) is 1. The summed E-state index contributed by atoms with van der Waals surface area (Å²) in [5, 5.41) is 8.62. The van der Waals surface area contributed by atoms with E-state index in [9.17, 15) is 0 Å². The molecule has 2 atom stereocenters. The van der Waals surface area contributed by atoms with Crippen molar-refractivity contribution in [3.8, 4) is 0 Å². The van der Waals surface area contributed by atoms with Crippen LogP contribution in [0.15, 0.2) is 0 Å². The average molecular weight is 127 g/mol. The standard InChI is InChI=1S/C7H13NO/c9-4-3-8-2-1-6-5-7(6)8/h6-7,9H,1-5H2/t6-,7+/m1/s1. The summed E-state index contributed by atoms with van der Waals surface area (Å²) in [6.45, 7) is 2.47. The van der Waals surface area contributed by atoms with Gasteiger partial charge >= 0.3 is 0 Å². The van der Waals surface area contributed by atoms with Crippen LogP contribution in [0.2, 0.25) is 0 Å². The van der Waals surface area contributed by atoms with Crippen molar-refractivity contribution in [2.24, 2.45) is 5.92 Å². The molecule has 52 valence electrons. The number of rotatable bonds is 2. The number of hydrogen-bond donors (Lipinski definition) is 1. The molecule has 2 nitrogen and oxygen atoms in total. The van der Waals surface area contributed by atoms with Crippen molar-refractivity contribution in [2.45, 2.75) is 18.9 Å². The summed E-state index contributed by atoms with van der Waals surface area (Å²) >= 11 is 0. The second-order valence-corrected chi connectivity index (χ2v) is 3.11. The third-order valence-corrected chi connectivity index (χ3v) is 2.53. The van der Waals surface area contributed by atoms with E-state index in [-0.39, 0.29) is 0 Å². The predicted octanol–water partition coefficient (Wildman–Crippen LogP) is 0.0729. The molecule has 1 aliphatic heterocycles. The van der Waals surface area contributed by atoms with E-state index in [1.165, 1.54) is 19.4 Å². The molecule has 1 N–H and O–H groups in total. The van der Waals surface area contributed by atoms with Crippen molar-refractivity contribution < 1.29 is 5.11 Å². The van der Waals surface area contributed by atoms with Crippen LogP contribution in [0.4, 0.5) is 0 Å². The molecule has 2 fully saturated rings. The minimum atomic E-state index is 0.337. The first-order chi connectivity index (χ1) is 4.42. The van der Waals surface area contributed by atoms with E-state index in [1.807, 2.05) is 0 Å². The first-order valence-corrected chi connectivity index (χ1v) is 3.76. The van der Waals surface area contributed by atoms with E-state index in [4.69, 9.17) is 5.11 Å². The van der Waals surface area contributed by atoms with Crippen LogP contribution in [0.5, 0.6) is 0 Å². The van der Waals surface area contributed by atoms with E-state index < -0.39 is 0 Å². The number of β-amino-alcohol motifs (C(OH)–C–C–N with tert-alkyl or cyclic N) is 1. The number of fused-ring (bicyclic) bond motifs is 1. The highest BCUT2D eigenvalue weighted by molar-refractivity contribution is 5.00. The Bertz CT molecular complexity index is 115. The lowest BCUT2D eigenvalue weighted by Crippen LogP contribution is -2.26. The van der Waals surface area contributed by atoms with Gasteiger partial charge < -0.3 is 5.11 Å². The lowest BCUT2D eigenvalue weighted by atomic mass is 10.3. The van der Waals surface area contributed by atoms with E-state index in [0.717, 1.165) is 18.5 Å². The quantitative estimate of drug-likeness (QED) is 0.567. The summed E-state index contributed by atoms with van der Waals surface area (Å²) in [6, 6.07) is 0.872. The van der Waals surface area contributed by atoms with Gasteiger partial charge in [-0.05, 0) is 25.3 Å². The largest absolute Gasteiger partial charge is 0.395 e. The minimum absolute atomic E-state index is 0.337. The normalized spacial score (nSPS) is 41.0. The molecule has 0 aromatic rings. The number of likely N-dealkylation sites (tertiary alicyclic amines) is 1. The molecule has 0 aromatic heterocycles. The minimum Gasteiger partial charge on any atom is -0.395 e. The Labute approximate surface area is 55.5 Å². The van der Waals surface area contributed by atoms with Gasteiger partial charge in [-0.15, -0.1) is 0 Å². The third-order valence-electron chi connectivity index (χ3n) is 2.53. The molecular weight excluding hydrogens is 114 g/mol. The Morgan fingerprint density at radius 2 is 2.44 bits per heavy atom. The number of aliphatic hydroxyl groups excluding tert-OH is 1. The molecule has 9 heavy (non-hydrogen) atoms. The number of hydrogen-bond acceptors (Lipinski definition) is 2. The van der Waals surface area contributed by atoms with Gasteiger partial charge in [0.25, 0.3) is 0 Å². The van der Waals surface area contributed by atoms with E-state index in [0.29, 0.717) is 6.61 Å². The van der Waals surface area contributed by atoms with Gasteiger partial charge in [0.05, 0.1) is 6.61 Å². The van der Waals surface area contributed by atoms with Crippen LogP contribution in [0.25, 0.3) is 0 Å². The van der Waals surface area contributed by atoms with E-state index in [1.54, 1.807) is 0 Å². The average Bonchev–Trinajstić information content (AvgIpc) is 2.54. The fourth-order valence-electron chi connectivity index (χ4n) is 1.89. The molecule has 2 aliphatic rings. The van der Waals surface area contributed by atoms with Gasteiger partial charge in [-0.3, -0.25) is 4.90 Å². The van der Waals surface area contributed by atoms with Gasteiger partial charge in [0.2, 0.25) is 0 Å². The van der Waals surface area contributed by atoms with Crippen molar-refractivity contribution in [1.82, 2.24) is 4.90 Å². The highest BCUT2D eigenvalue weighted by atomic mass is 16.3. The summed E-state index contributed by atoms with van der Waals surface area (Å²) in [6.07, 6.45) is 2.78. The van der Waals surface area contributed by atoms with Crippen LogP contribution in [-0.2, 0) is 0 Å². The molecule has 0 spiro atoms. The number of aliphatic hydroxyl groups is 1. The second kappa shape index (κ2) is 1.96. The molecule has 0 aromatic carbocycles. The van der Waals surface area contributed by atoms with Gasteiger partial charge in [0.1, 0.15) is 0 Å². The SMILES string of the molecule is OCCN1CC[C@@H]2C[C@@H]21. The van der Waals surface area contributed by atoms with Crippen molar-refractivity contribution in [3.63, 3.8) is 0 Å². The van der Waals surface area contributed by atoms with Gasteiger partial charge in [0.15, 0.2) is 0 Å². The van der Waals surface area contributed by atoms with Crippen LogP contribution in [0.1, 0.15) is 12.8 Å². The maximum absolute atomic E-state index is 8.62. The molecular formula is C7H13NO. The fourth-order valence-corrected chi connectivity index (χ4v) is 1.89. The van der Waals surface area contributed by atoms with E-state index in [2.05, 4.69) is 4.90 Å². The monoisotopic (exact) mass is 127 g/mol. The summed E-state index contributed by atoms with van der Waals surface area (Å²) < 4.78 is 0. The molecule has 1 saturated heterocycles. The molecule has 1 heterocycles. The second-order valence-electron chi connectivity index (χ2n) is 3.11. The third kappa shape index (κ3) is 0.864. The molecule has 1 saturated carbocycles. The van der Waals surface area contributed by atoms with Gasteiger partial charge in [-0.25, -0.2) is 0 Å². The zero-order valence-corrected chi connectivity index (χ0v) is 5.58. The fraction of sp³-hybridized carbons (Fsp3) is 1.00. The van der Waals surface area contributed by atoms with Crippen molar-refractivity contribution in [2.75, 3.05) is 19.7 Å². The Morgan fingerprint density at radius 3 is 2.89 bits per heavy atom. The lowest BCUT2D eigenvalue weighted by molar-refractivity contribution is 0.206. The van der Waals surface area contributed by atoms with Crippen LogP contribution in [-0.4, -0.2) is 35.7 Å². The van der Waals surface area contributed by atoms with Crippen molar-refractivity contribution >= 4 is 0 Å². The molecule has 1 aliphatic carbocycles. The highest BCUT2D eigenvalue weighted by Crippen LogP contribution is 2.43. The summed E-state index contributed by atoms with van der Waals surface area (Å²) in [5.74, 6) is 1.01. The molecule has 2 heteroatoms. The van der Waals surface area contributed by atoms with Crippen LogP contribution < -0.4 is 0 Å². The smallest absolute Gasteiger partial charge is 0.0558 e. The molecule has 0 radical (unpaired) electrons. The number of piperidine rings is 1. The predicted molar refractivity (Wildman–Crippen MR) is 35.2 cm³/mol. The topological polar surface area (TPSA) is 23.5 Å². The lowest BCUT2D eigenvalue weighted by Gasteiger charge is -2.14. The summed E-state index contributed by atoms with van der Waals surface area (Å²) in [7, 11) is 0. The van der Waals surface area contributed by atoms with Gasteiger partial charge in [0, 0.05) is 12.6 Å². The summed E-state index contributed by atoms with van der Waals surface area (Å²) in [4.78, 5) is 2.41. The van der Waals surface area contributed by atoms with E-state index >= 15 is 0 Å². The summed E-state index contributed by atoms with van der Waals surface area (Å²) in [5.41, 5.74) is 0. The Morgan fingerprint density at radius 1 is 1.56 bits per heavy atom. The molecule has 0 unspecified atom stereocenters. The Hall–Kier alpha value is -0.0800. The Kier molecular flexibility index (Phi) is 1.24. The van der Waals surface area contributed by atoms with Crippen LogP contribution in [0, 0.1) is 5.92 Å². The van der Waals surface area contributed by atoms with Crippen molar-refractivity contribution in [3.05, 3.63) is 0 Å². The first kappa shape index (κ1) is 5.69.